The van der Waals surface area contributed by atoms with Crippen molar-refractivity contribution >= 4 is 32.5 Å². The van der Waals surface area contributed by atoms with Gasteiger partial charge in [0.1, 0.15) is 10.7 Å². The Bertz CT molecular complexity index is 1400. The zero-order valence-corrected chi connectivity index (χ0v) is 20.5. The lowest BCUT2D eigenvalue weighted by Crippen LogP contribution is -2.40. The number of benzene rings is 2. The molecule has 0 unspecified atom stereocenters. The number of carbonyl (C=O) groups excluding carboxylic acids is 1. The van der Waals surface area contributed by atoms with Gasteiger partial charge in [-0.3, -0.25) is 14.2 Å². The van der Waals surface area contributed by atoms with Crippen LogP contribution in [-0.4, -0.2) is 29.4 Å². The van der Waals surface area contributed by atoms with Gasteiger partial charge in [-0.2, -0.15) is 0 Å². The topological polar surface area (TPSA) is 110 Å². The maximum Gasteiger partial charge on any atom is 0.261 e. The zero-order valence-electron chi connectivity index (χ0n) is 19.7. The number of aryl methyl sites for hydroxylation is 1. The number of anilines is 1. The molecule has 0 aliphatic carbocycles. The molecule has 0 atom stereocenters. The first-order valence-electron chi connectivity index (χ1n) is 11.5. The van der Waals surface area contributed by atoms with Crippen LogP contribution in [-0.2, 0) is 23.0 Å². The lowest BCUT2D eigenvalue weighted by atomic mass is 10.1. The van der Waals surface area contributed by atoms with Crippen LogP contribution in [0.1, 0.15) is 62.6 Å². The third-order valence-electron chi connectivity index (χ3n) is 5.69. The molecule has 0 saturated carbocycles. The van der Waals surface area contributed by atoms with Crippen molar-refractivity contribution < 1.29 is 13.2 Å². The summed E-state index contributed by atoms with van der Waals surface area (Å²) in [6, 6.07) is 11.0. The molecule has 3 aromatic rings. The number of rotatable bonds is 4. The van der Waals surface area contributed by atoms with E-state index in [4.69, 9.17) is 4.98 Å². The summed E-state index contributed by atoms with van der Waals surface area (Å²) in [4.78, 5) is 30.8. The smallest absolute Gasteiger partial charge is 0.261 e. The monoisotopic (exact) mass is 482 g/mol. The maximum atomic E-state index is 13.1. The first-order chi connectivity index (χ1) is 16.0. The number of hydrogen-bond donors (Lipinski definition) is 2. The van der Waals surface area contributed by atoms with Crippen LogP contribution in [0.3, 0.4) is 0 Å². The highest BCUT2D eigenvalue weighted by molar-refractivity contribution is 7.89. The minimum Gasteiger partial charge on any atom is -0.321 e. The average molecular weight is 483 g/mol. The largest absolute Gasteiger partial charge is 0.321 e. The van der Waals surface area contributed by atoms with Crippen LogP contribution in [0.4, 0.5) is 5.69 Å². The first-order valence-corrected chi connectivity index (χ1v) is 13.0. The molecular weight excluding hydrogens is 452 g/mol. The Morgan fingerprint density at radius 2 is 1.76 bits per heavy atom. The summed E-state index contributed by atoms with van der Waals surface area (Å²) < 4.78 is 30.1. The fraction of sp³-hybridized carbons (Fsp3) is 0.400. The van der Waals surface area contributed by atoms with Crippen LogP contribution in [0.15, 0.2) is 52.2 Å². The number of hydrogen-bond acceptors (Lipinski definition) is 5. The number of fused-ring (bicyclic) bond motifs is 2. The molecule has 1 aliphatic heterocycles. The molecule has 34 heavy (non-hydrogen) atoms. The van der Waals surface area contributed by atoms with Crippen molar-refractivity contribution in [3.63, 3.8) is 0 Å². The summed E-state index contributed by atoms with van der Waals surface area (Å²) in [6.07, 6.45) is 4.88. The SMILES string of the molecule is CC(C)(C)NS(=O)(=O)c1ccccc1NC(=O)c1ccc2c(=O)n3c(nc2c1)CCCCCC3. The third kappa shape index (κ3) is 5.20. The number of para-hydroxylation sites is 1. The molecule has 1 aromatic heterocycles. The predicted molar refractivity (Wildman–Crippen MR) is 133 cm³/mol. The normalized spacial score (nSPS) is 14.8. The fourth-order valence-electron chi connectivity index (χ4n) is 4.19. The van der Waals surface area contributed by atoms with E-state index in [2.05, 4.69) is 10.0 Å². The van der Waals surface area contributed by atoms with Crippen molar-refractivity contribution in [3.8, 4) is 0 Å². The van der Waals surface area contributed by atoms with Gasteiger partial charge in [0.25, 0.3) is 11.5 Å². The van der Waals surface area contributed by atoms with Gasteiger partial charge in [-0.05, 0) is 63.9 Å². The molecule has 2 aromatic carbocycles. The second-order valence-electron chi connectivity index (χ2n) is 9.69. The Labute approximate surface area is 199 Å². The van der Waals surface area contributed by atoms with Gasteiger partial charge in [0.05, 0.1) is 16.6 Å². The molecule has 0 spiro atoms. The van der Waals surface area contributed by atoms with Gasteiger partial charge >= 0.3 is 0 Å². The number of amides is 1. The van der Waals surface area contributed by atoms with Crippen molar-refractivity contribution in [2.75, 3.05) is 5.32 Å². The average Bonchev–Trinajstić information content (AvgIpc) is 2.73. The summed E-state index contributed by atoms with van der Waals surface area (Å²) >= 11 is 0. The van der Waals surface area contributed by atoms with Gasteiger partial charge < -0.3 is 5.32 Å². The van der Waals surface area contributed by atoms with Crippen molar-refractivity contribution in [1.29, 1.82) is 0 Å². The fourth-order valence-corrected chi connectivity index (χ4v) is 5.78. The van der Waals surface area contributed by atoms with Gasteiger partial charge in [0.15, 0.2) is 0 Å². The Morgan fingerprint density at radius 1 is 1.03 bits per heavy atom. The predicted octanol–water partition coefficient (Wildman–Crippen LogP) is 3.84. The van der Waals surface area contributed by atoms with E-state index in [0.29, 0.717) is 23.0 Å². The minimum atomic E-state index is -3.85. The van der Waals surface area contributed by atoms with Crippen LogP contribution in [0.25, 0.3) is 10.9 Å². The highest BCUT2D eigenvalue weighted by Gasteiger charge is 2.25. The molecule has 2 N–H and O–H groups in total. The first kappa shape index (κ1) is 24.1. The van der Waals surface area contributed by atoms with Gasteiger partial charge in [-0.15, -0.1) is 0 Å². The van der Waals surface area contributed by atoms with E-state index < -0.39 is 21.5 Å². The highest BCUT2D eigenvalue weighted by Crippen LogP contribution is 2.24. The van der Waals surface area contributed by atoms with E-state index in [1.165, 1.54) is 6.07 Å². The Kier molecular flexibility index (Phi) is 6.60. The second kappa shape index (κ2) is 9.31. The van der Waals surface area contributed by atoms with Crippen LogP contribution < -0.4 is 15.6 Å². The lowest BCUT2D eigenvalue weighted by molar-refractivity contribution is 0.102. The Hall–Kier alpha value is -3.04. The van der Waals surface area contributed by atoms with E-state index in [9.17, 15) is 18.0 Å². The lowest BCUT2D eigenvalue weighted by Gasteiger charge is -2.21. The summed E-state index contributed by atoms with van der Waals surface area (Å²) in [6.45, 7) is 5.91. The molecule has 2 heterocycles. The Morgan fingerprint density at radius 3 is 2.53 bits per heavy atom. The molecule has 0 bridgehead atoms. The quantitative estimate of drug-likeness (QED) is 0.587. The maximum absolute atomic E-state index is 13.1. The Balaban J connectivity index is 1.67. The van der Waals surface area contributed by atoms with Gasteiger partial charge in [-0.25, -0.2) is 18.1 Å². The van der Waals surface area contributed by atoms with Gasteiger partial charge in [0.2, 0.25) is 10.0 Å². The van der Waals surface area contributed by atoms with E-state index >= 15 is 0 Å². The summed E-state index contributed by atoms with van der Waals surface area (Å²) in [5, 5.41) is 3.18. The van der Waals surface area contributed by atoms with Gasteiger partial charge in [0, 0.05) is 24.1 Å². The molecule has 0 fully saturated rings. The molecule has 0 radical (unpaired) electrons. The van der Waals surface area contributed by atoms with Crippen molar-refractivity contribution in [3.05, 3.63) is 64.2 Å². The van der Waals surface area contributed by atoms with Crippen LogP contribution >= 0.6 is 0 Å². The highest BCUT2D eigenvalue weighted by atomic mass is 32.2. The summed E-state index contributed by atoms with van der Waals surface area (Å²) in [5.41, 5.74) is 0.186. The van der Waals surface area contributed by atoms with Crippen LogP contribution in [0.5, 0.6) is 0 Å². The standard InChI is InChI=1S/C25H30N4O4S/c1-25(2,3)28-34(32,33)21-11-8-7-10-19(21)27-23(30)17-13-14-18-20(16-17)26-22-12-6-4-5-9-15-29(22)24(18)31/h7-8,10-11,13-14,16,28H,4-6,9,12,15H2,1-3H3,(H,27,30). The van der Waals surface area contributed by atoms with E-state index in [0.717, 1.165) is 37.9 Å². The molecular formula is C25H30N4O4S. The van der Waals surface area contributed by atoms with Crippen molar-refractivity contribution in [1.82, 2.24) is 14.3 Å². The van der Waals surface area contributed by atoms with Crippen molar-refractivity contribution in [2.24, 2.45) is 0 Å². The number of carbonyl (C=O) groups is 1. The molecule has 0 saturated heterocycles. The van der Waals surface area contributed by atoms with E-state index in [1.807, 2.05) is 0 Å². The molecule has 1 aliphatic rings. The molecule has 180 valence electrons. The second-order valence-corrected chi connectivity index (χ2v) is 11.3. The number of aromatic nitrogens is 2. The molecule has 4 rings (SSSR count). The van der Waals surface area contributed by atoms with E-state index in [-0.39, 0.29) is 16.1 Å². The zero-order chi connectivity index (χ0) is 24.5. The van der Waals surface area contributed by atoms with Crippen molar-refractivity contribution in [2.45, 2.75) is 69.9 Å². The molecule has 1 amide bonds. The van der Waals surface area contributed by atoms with Crippen LogP contribution in [0.2, 0.25) is 0 Å². The number of nitrogens with one attached hydrogen (secondary N) is 2. The van der Waals surface area contributed by atoms with Gasteiger partial charge in [-0.1, -0.05) is 25.0 Å². The van der Waals surface area contributed by atoms with Crippen LogP contribution in [0, 0.1) is 0 Å². The third-order valence-corrected chi connectivity index (χ3v) is 7.51. The molecule has 8 nitrogen and oxygen atoms in total. The van der Waals surface area contributed by atoms with E-state index in [1.54, 1.807) is 61.7 Å². The minimum absolute atomic E-state index is 0.0168. The number of sulfonamides is 1. The number of nitrogens with zero attached hydrogens (tertiary/aromatic N) is 2. The summed E-state index contributed by atoms with van der Waals surface area (Å²) in [7, 11) is -3.85. The molecule has 9 heteroatoms. The summed E-state index contributed by atoms with van der Waals surface area (Å²) in [5.74, 6) is 0.272.